The number of thiophene rings is 1. The van der Waals surface area contributed by atoms with Crippen LogP contribution >= 0.6 is 11.3 Å². The smallest absolute Gasteiger partial charge is 0.348 e. The number of ether oxygens (including phenoxy) is 3. The fourth-order valence-corrected chi connectivity index (χ4v) is 3.16. The minimum absolute atomic E-state index is 0.267. The van der Waals surface area contributed by atoms with Gasteiger partial charge < -0.3 is 19.1 Å². The zero-order valence-corrected chi connectivity index (χ0v) is 14.9. The molecule has 0 saturated heterocycles. The number of carbonyl (C=O) groups is 2. The first-order chi connectivity index (χ1) is 12.0. The highest BCUT2D eigenvalue weighted by atomic mass is 32.1. The van der Waals surface area contributed by atoms with E-state index in [1.165, 1.54) is 16.2 Å². The van der Waals surface area contributed by atoms with E-state index in [0.29, 0.717) is 36.1 Å². The highest BCUT2D eigenvalue weighted by molar-refractivity contribution is 7.13. The summed E-state index contributed by atoms with van der Waals surface area (Å²) in [5.74, 6) is 0.656. The molecule has 0 bridgehead atoms. The van der Waals surface area contributed by atoms with Gasteiger partial charge in [0.25, 0.3) is 5.91 Å². The van der Waals surface area contributed by atoms with Gasteiger partial charge in [-0.25, -0.2) is 4.79 Å². The Hall–Kier alpha value is -2.54. The SMILES string of the molecule is Cc1ccc(C(=O)OCC(=O)N(C)Cc2ccc3c(c2)OCCO3)s1. The summed E-state index contributed by atoms with van der Waals surface area (Å²) < 4.78 is 16.1. The van der Waals surface area contributed by atoms with E-state index in [2.05, 4.69) is 0 Å². The van der Waals surface area contributed by atoms with Crippen LogP contribution in [0.3, 0.4) is 0 Å². The molecule has 1 aliphatic heterocycles. The molecule has 2 heterocycles. The Balaban J connectivity index is 1.53. The highest BCUT2D eigenvalue weighted by Gasteiger charge is 2.17. The number of hydrogen-bond acceptors (Lipinski definition) is 6. The molecule has 7 heteroatoms. The van der Waals surface area contributed by atoms with Gasteiger partial charge in [0.2, 0.25) is 0 Å². The number of likely N-dealkylation sites (N-methyl/N-ethyl adjacent to an activating group) is 1. The van der Waals surface area contributed by atoms with Crippen molar-refractivity contribution in [2.24, 2.45) is 0 Å². The number of benzene rings is 1. The molecule has 1 aromatic heterocycles. The van der Waals surface area contributed by atoms with E-state index in [4.69, 9.17) is 14.2 Å². The molecule has 0 aliphatic carbocycles. The Morgan fingerprint density at radius 2 is 1.92 bits per heavy atom. The molecule has 0 saturated carbocycles. The summed E-state index contributed by atoms with van der Waals surface area (Å²) in [6, 6.07) is 9.13. The van der Waals surface area contributed by atoms with Gasteiger partial charge in [-0.15, -0.1) is 11.3 Å². The highest BCUT2D eigenvalue weighted by Crippen LogP contribution is 2.31. The number of rotatable bonds is 5. The second-order valence-electron chi connectivity index (χ2n) is 5.71. The lowest BCUT2D eigenvalue weighted by molar-refractivity contribution is -0.133. The van der Waals surface area contributed by atoms with Crippen LogP contribution in [-0.4, -0.2) is 43.6 Å². The predicted molar refractivity (Wildman–Crippen MR) is 93.2 cm³/mol. The quantitative estimate of drug-likeness (QED) is 0.766. The molecular formula is C18H19NO5S. The maximum absolute atomic E-state index is 12.2. The third-order valence-corrected chi connectivity index (χ3v) is 4.70. The Bertz CT molecular complexity index is 786. The van der Waals surface area contributed by atoms with Gasteiger partial charge in [0.15, 0.2) is 18.1 Å². The number of hydrogen-bond donors (Lipinski definition) is 0. The summed E-state index contributed by atoms with van der Waals surface area (Å²) in [5, 5.41) is 0. The molecule has 1 aliphatic rings. The van der Waals surface area contributed by atoms with Crippen molar-refractivity contribution in [3.8, 4) is 11.5 Å². The van der Waals surface area contributed by atoms with Gasteiger partial charge >= 0.3 is 5.97 Å². The number of esters is 1. The Morgan fingerprint density at radius 1 is 1.16 bits per heavy atom. The van der Waals surface area contributed by atoms with E-state index in [1.807, 2.05) is 31.2 Å². The number of amides is 1. The van der Waals surface area contributed by atoms with Crippen LogP contribution in [0.25, 0.3) is 0 Å². The first kappa shape index (κ1) is 17.3. The van der Waals surface area contributed by atoms with Crippen LogP contribution in [0, 0.1) is 6.92 Å². The van der Waals surface area contributed by atoms with Gasteiger partial charge in [0, 0.05) is 18.5 Å². The molecule has 25 heavy (non-hydrogen) atoms. The summed E-state index contributed by atoms with van der Waals surface area (Å²) in [6.07, 6.45) is 0. The molecule has 3 rings (SSSR count). The van der Waals surface area contributed by atoms with Gasteiger partial charge in [0.1, 0.15) is 18.1 Å². The lowest BCUT2D eigenvalue weighted by Crippen LogP contribution is -2.30. The van der Waals surface area contributed by atoms with Crippen LogP contribution < -0.4 is 9.47 Å². The average molecular weight is 361 g/mol. The van der Waals surface area contributed by atoms with E-state index < -0.39 is 5.97 Å². The van der Waals surface area contributed by atoms with Crippen molar-refractivity contribution in [2.45, 2.75) is 13.5 Å². The number of aryl methyl sites for hydroxylation is 1. The molecule has 2 aromatic rings. The number of fused-ring (bicyclic) bond motifs is 1. The van der Waals surface area contributed by atoms with Crippen LogP contribution in [0.15, 0.2) is 30.3 Å². The lowest BCUT2D eigenvalue weighted by Gasteiger charge is -2.21. The van der Waals surface area contributed by atoms with E-state index >= 15 is 0 Å². The van der Waals surface area contributed by atoms with Gasteiger partial charge in [-0.05, 0) is 36.8 Å². The molecule has 6 nitrogen and oxygen atoms in total. The van der Waals surface area contributed by atoms with E-state index in [9.17, 15) is 9.59 Å². The van der Waals surface area contributed by atoms with Gasteiger partial charge in [-0.3, -0.25) is 4.79 Å². The summed E-state index contributed by atoms with van der Waals surface area (Å²) in [7, 11) is 1.67. The zero-order chi connectivity index (χ0) is 17.8. The monoisotopic (exact) mass is 361 g/mol. The topological polar surface area (TPSA) is 65.1 Å². The normalized spacial score (nSPS) is 12.6. The summed E-state index contributed by atoms with van der Waals surface area (Å²) >= 11 is 1.35. The lowest BCUT2D eigenvalue weighted by atomic mass is 10.2. The molecule has 132 valence electrons. The number of nitrogens with zero attached hydrogens (tertiary/aromatic N) is 1. The van der Waals surface area contributed by atoms with Crippen molar-refractivity contribution >= 4 is 23.2 Å². The second kappa shape index (κ2) is 7.57. The van der Waals surface area contributed by atoms with Crippen LogP contribution in [0.4, 0.5) is 0 Å². The molecule has 0 unspecified atom stereocenters. The predicted octanol–water partition coefficient (Wildman–Crippen LogP) is 2.64. The molecule has 0 spiro atoms. The van der Waals surface area contributed by atoms with Crippen molar-refractivity contribution in [2.75, 3.05) is 26.9 Å². The summed E-state index contributed by atoms with van der Waals surface area (Å²) in [4.78, 5) is 27.1. The molecule has 0 radical (unpaired) electrons. The fourth-order valence-electron chi connectivity index (χ4n) is 2.40. The first-order valence-corrected chi connectivity index (χ1v) is 8.70. The Morgan fingerprint density at radius 3 is 2.64 bits per heavy atom. The maximum Gasteiger partial charge on any atom is 0.348 e. The number of carbonyl (C=O) groups excluding carboxylic acids is 2. The molecule has 0 fully saturated rings. The van der Waals surface area contributed by atoms with Gasteiger partial charge in [0.05, 0.1) is 0 Å². The summed E-state index contributed by atoms with van der Waals surface area (Å²) in [6.45, 7) is 3.08. The Kier molecular flexibility index (Phi) is 5.23. The first-order valence-electron chi connectivity index (χ1n) is 7.89. The molecule has 0 atom stereocenters. The molecule has 1 aromatic carbocycles. The van der Waals surface area contributed by atoms with E-state index in [1.54, 1.807) is 13.1 Å². The van der Waals surface area contributed by atoms with Crippen molar-refractivity contribution in [3.63, 3.8) is 0 Å². The largest absolute Gasteiger partial charge is 0.486 e. The zero-order valence-electron chi connectivity index (χ0n) is 14.1. The molecule has 0 N–H and O–H groups in total. The van der Waals surface area contributed by atoms with E-state index in [-0.39, 0.29) is 12.5 Å². The molecule has 1 amide bonds. The van der Waals surface area contributed by atoms with Gasteiger partial charge in [-0.1, -0.05) is 6.07 Å². The molecular weight excluding hydrogens is 342 g/mol. The van der Waals surface area contributed by atoms with Crippen LogP contribution in [0.1, 0.15) is 20.1 Å². The van der Waals surface area contributed by atoms with Crippen LogP contribution in [0.2, 0.25) is 0 Å². The van der Waals surface area contributed by atoms with Crippen molar-refractivity contribution in [3.05, 3.63) is 45.6 Å². The third kappa shape index (κ3) is 4.30. The summed E-state index contributed by atoms with van der Waals surface area (Å²) in [5.41, 5.74) is 0.917. The van der Waals surface area contributed by atoms with Crippen LogP contribution in [-0.2, 0) is 16.1 Å². The minimum Gasteiger partial charge on any atom is -0.486 e. The standard InChI is InChI=1S/C18H19NO5S/c1-12-3-6-16(25-12)18(21)24-11-17(20)19(2)10-13-4-5-14-15(9-13)23-8-7-22-14/h3-6,9H,7-8,10-11H2,1-2H3. The second-order valence-corrected chi connectivity index (χ2v) is 7.00. The minimum atomic E-state index is -0.473. The van der Waals surface area contributed by atoms with Crippen molar-refractivity contribution < 1.29 is 23.8 Å². The third-order valence-electron chi connectivity index (χ3n) is 3.72. The maximum atomic E-state index is 12.2. The van der Waals surface area contributed by atoms with Crippen molar-refractivity contribution in [1.82, 2.24) is 4.90 Å². The average Bonchev–Trinajstić information content (AvgIpc) is 3.05. The van der Waals surface area contributed by atoms with E-state index in [0.717, 1.165) is 10.4 Å². The Labute approximate surface area is 149 Å². The van der Waals surface area contributed by atoms with Crippen molar-refractivity contribution in [1.29, 1.82) is 0 Å². The fraction of sp³-hybridized carbons (Fsp3) is 0.333. The van der Waals surface area contributed by atoms with Crippen LogP contribution in [0.5, 0.6) is 11.5 Å². The van der Waals surface area contributed by atoms with Gasteiger partial charge in [-0.2, -0.15) is 0 Å².